The van der Waals surface area contributed by atoms with Gasteiger partial charge < -0.3 is 4.42 Å². The van der Waals surface area contributed by atoms with Crippen LogP contribution in [-0.4, -0.2) is 22.8 Å². The van der Waals surface area contributed by atoms with Crippen molar-refractivity contribution in [3.63, 3.8) is 0 Å². The van der Waals surface area contributed by atoms with Gasteiger partial charge in [-0.3, -0.25) is 30.3 Å². The third kappa shape index (κ3) is 3.15. The van der Waals surface area contributed by atoms with E-state index in [2.05, 4.69) is 0 Å². The summed E-state index contributed by atoms with van der Waals surface area (Å²) in [5, 5.41) is 14.8. The van der Waals surface area contributed by atoms with Gasteiger partial charge in [-0.1, -0.05) is 0 Å². The van der Waals surface area contributed by atoms with Gasteiger partial charge in [0.25, 0.3) is 17.5 Å². The summed E-state index contributed by atoms with van der Waals surface area (Å²) in [7, 11) is 0. The van der Waals surface area contributed by atoms with Crippen molar-refractivity contribution in [1.82, 2.24) is 10.6 Å². The number of hydrogen-bond acceptors (Lipinski definition) is 6. The molecular formula is C16H11N3O6. The average molecular weight is 341 g/mol. The van der Waals surface area contributed by atoms with E-state index >= 15 is 0 Å². The van der Waals surface area contributed by atoms with Crippen molar-refractivity contribution in [3.05, 3.63) is 57.3 Å². The summed E-state index contributed by atoms with van der Waals surface area (Å²) in [6, 6.07) is 6.78. The van der Waals surface area contributed by atoms with Gasteiger partial charge in [-0.25, -0.2) is 4.79 Å². The minimum absolute atomic E-state index is 0.00198. The molecule has 0 saturated carbocycles. The number of benzene rings is 1. The molecule has 1 aliphatic heterocycles. The van der Waals surface area contributed by atoms with E-state index < -0.39 is 22.8 Å². The molecule has 2 aromatic rings. The Kier molecular flexibility index (Phi) is 3.89. The molecule has 0 spiro atoms. The zero-order valence-electron chi connectivity index (χ0n) is 12.9. The van der Waals surface area contributed by atoms with Gasteiger partial charge in [0.15, 0.2) is 0 Å². The number of nitrogens with zero attached hydrogens (tertiary/aromatic N) is 1. The number of rotatable bonds is 3. The highest BCUT2D eigenvalue weighted by atomic mass is 16.6. The van der Waals surface area contributed by atoms with Gasteiger partial charge >= 0.3 is 6.03 Å². The normalized spacial score (nSPS) is 14.1. The zero-order chi connectivity index (χ0) is 18.1. The van der Waals surface area contributed by atoms with Crippen molar-refractivity contribution < 1.29 is 23.7 Å². The molecule has 2 N–H and O–H groups in total. The first kappa shape index (κ1) is 16.1. The zero-order valence-corrected chi connectivity index (χ0v) is 12.9. The van der Waals surface area contributed by atoms with Crippen LogP contribution in [0.2, 0.25) is 0 Å². The Bertz CT molecular complexity index is 935. The van der Waals surface area contributed by atoms with E-state index in [4.69, 9.17) is 4.42 Å². The Labute approximate surface area is 140 Å². The van der Waals surface area contributed by atoms with Crippen molar-refractivity contribution in [2.45, 2.75) is 6.92 Å². The first-order chi connectivity index (χ1) is 11.8. The summed E-state index contributed by atoms with van der Waals surface area (Å²) < 4.78 is 5.56. The van der Waals surface area contributed by atoms with Gasteiger partial charge in [0, 0.05) is 17.2 Å². The summed E-state index contributed by atoms with van der Waals surface area (Å²) in [5.74, 6) is -1.01. The molecule has 1 aliphatic rings. The minimum Gasteiger partial charge on any atom is -0.457 e. The molecule has 0 bridgehead atoms. The molecule has 3 rings (SSSR count). The quantitative estimate of drug-likeness (QED) is 0.379. The average Bonchev–Trinajstić information content (AvgIpc) is 2.99. The molecule has 1 fully saturated rings. The van der Waals surface area contributed by atoms with E-state index in [1.54, 1.807) is 25.1 Å². The number of nitro groups is 1. The minimum atomic E-state index is -0.881. The monoisotopic (exact) mass is 341 g/mol. The van der Waals surface area contributed by atoms with Gasteiger partial charge in [-0.15, -0.1) is 0 Å². The molecule has 126 valence electrons. The number of barbiturate groups is 1. The second-order valence-electron chi connectivity index (χ2n) is 5.26. The van der Waals surface area contributed by atoms with E-state index in [9.17, 15) is 24.5 Å². The van der Waals surface area contributed by atoms with E-state index in [0.717, 1.165) is 0 Å². The molecule has 4 amide bonds. The van der Waals surface area contributed by atoms with Crippen molar-refractivity contribution in [3.8, 4) is 11.3 Å². The molecule has 9 nitrogen and oxygen atoms in total. The summed E-state index contributed by atoms with van der Waals surface area (Å²) in [5.41, 5.74) is 0.821. The van der Waals surface area contributed by atoms with Crippen LogP contribution in [0.25, 0.3) is 17.4 Å². The van der Waals surface area contributed by atoms with E-state index in [1.165, 1.54) is 18.2 Å². The van der Waals surface area contributed by atoms with Crippen molar-refractivity contribution in [2.75, 3.05) is 0 Å². The molecule has 1 aromatic carbocycles. The molecule has 25 heavy (non-hydrogen) atoms. The number of nitrogens with one attached hydrogen (secondary N) is 2. The lowest BCUT2D eigenvalue weighted by molar-refractivity contribution is -0.385. The first-order valence-corrected chi connectivity index (χ1v) is 7.09. The lowest BCUT2D eigenvalue weighted by Gasteiger charge is -2.13. The van der Waals surface area contributed by atoms with E-state index in [-0.39, 0.29) is 17.0 Å². The highest BCUT2D eigenvalue weighted by Crippen LogP contribution is 2.28. The molecule has 0 unspecified atom stereocenters. The van der Waals surface area contributed by atoms with Crippen LogP contribution in [0.5, 0.6) is 0 Å². The van der Waals surface area contributed by atoms with Crippen LogP contribution < -0.4 is 10.6 Å². The number of carbonyl (C=O) groups excluding carboxylic acids is 3. The number of amides is 4. The fraction of sp³-hybridized carbons (Fsp3) is 0.0625. The van der Waals surface area contributed by atoms with Crippen LogP contribution in [-0.2, 0) is 9.59 Å². The largest absolute Gasteiger partial charge is 0.457 e. The highest BCUT2D eigenvalue weighted by Gasteiger charge is 2.28. The van der Waals surface area contributed by atoms with Gasteiger partial charge in [0.2, 0.25) is 0 Å². The lowest BCUT2D eigenvalue weighted by atomic mass is 10.1. The molecule has 0 aliphatic carbocycles. The summed E-state index contributed by atoms with van der Waals surface area (Å²) in [6.07, 6.45) is 1.21. The van der Waals surface area contributed by atoms with Crippen LogP contribution >= 0.6 is 0 Å². The molecule has 0 atom stereocenters. The Morgan fingerprint density at radius 1 is 1.08 bits per heavy atom. The van der Waals surface area contributed by atoms with Crippen LogP contribution in [0.3, 0.4) is 0 Å². The first-order valence-electron chi connectivity index (χ1n) is 7.09. The topological polar surface area (TPSA) is 132 Å². The van der Waals surface area contributed by atoms with Gasteiger partial charge in [0.1, 0.15) is 17.1 Å². The predicted octanol–water partition coefficient (Wildman–Crippen LogP) is 1.91. The summed E-state index contributed by atoms with van der Waals surface area (Å²) in [4.78, 5) is 44.7. The SMILES string of the molecule is Cc1cc(-c2ccc(C=C3C(=O)NC(=O)NC3=O)o2)ccc1[N+](=O)[O-]. The molecular weight excluding hydrogens is 330 g/mol. The second-order valence-corrected chi connectivity index (χ2v) is 5.26. The summed E-state index contributed by atoms with van der Waals surface area (Å²) >= 11 is 0. The van der Waals surface area contributed by atoms with Gasteiger partial charge in [-0.05, 0) is 37.3 Å². The number of urea groups is 1. The van der Waals surface area contributed by atoms with Crippen molar-refractivity contribution in [2.24, 2.45) is 0 Å². The summed E-state index contributed by atoms with van der Waals surface area (Å²) in [6.45, 7) is 1.61. The number of hydrogen-bond donors (Lipinski definition) is 2. The molecule has 2 heterocycles. The fourth-order valence-electron chi connectivity index (χ4n) is 2.35. The third-order valence-electron chi connectivity index (χ3n) is 3.53. The van der Waals surface area contributed by atoms with Crippen molar-refractivity contribution in [1.29, 1.82) is 0 Å². The standard InChI is InChI=1S/C16H11N3O6/c1-8-6-9(2-4-12(8)19(23)24)13-5-3-10(25-13)7-11-14(20)17-16(22)18-15(11)21/h2-7H,1H3,(H2,17,18,20,21,22). The smallest absolute Gasteiger partial charge is 0.328 e. The number of imide groups is 2. The Morgan fingerprint density at radius 2 is 1.76 bits per heavy atom. The Balaban J connectivity index is 1.90. The molecule has 1 saturated heterocycles. The maximum Gasteiger partial charge on any atom is 0.328 e. The number of nitro benzene ring substituents is 1. The number of aryl methyl sites for hydroxylation is 1. The predicted molar refractivity (Wildman–Crippen MR) is 85.2 cm³/mol. The molecule has 9 heteroatoms. The number of carbonyl (C=O) groups is 3. The maximum atomic E-state index is 11.7. The lowest BCUT2D eigenvalue weighted by Crippen LogP contribution is -2.51. The van der Waals surface area contributed by atoms with E-state index in [0.29, 0.717) is 16.9 Å². The van der Waals surface area contributed by atoms with Crippen LogP contribution in [0.1, 0.15) is 11.3 Å². The number of furan rings is 1. The van der Waals surface area contributed by atoms with Crippen LogP contribution in [0, 0.1) is 17.0 Å². The Morgan fingerprint density at radius 3 is 2.36 bits per heavy atom. The van der Waals surface area contributed by atoms with Crippen LogP contribution in [0.15, 0.2) is 40.3 Å². The second kappa shape index (κ2) is 6.04. The van der Waals surface area contributed by atoms with Crippen LogP contribution in [0.4, 0.5) is 10.5 Å². The highest BCUT2D eigenvalue weighted by molar-refractivity contribution is 6.31. The van der Waals surface area contributed by atoms with E-state index in [1.807, 2.05) is 10.6 Å². The fourth-order valence-corrected chi connectivity index (χ4v) is 2.35. The van der Waals surface area contributed by atoms with Crippen molar-refractivity contribution >= 4 is 29.6 Å². The van der Waals surface area contributed by atoms with Gasteiger partial charge in [-0.2, -0.15) is 0 Å². The molecule has 1 aromatic heterocycles. The molecule has 0 radical (unpaired) electrons. The third-order valence-corrected chi connectivity index (χ3v) is 3.53. The Hall–Kier alpha value is -3.75. The van der Waals surface area contributed by atoms with Gasteiger partial charge in [0.05, 0.1) is 4.92 Å². The maximum absolute atomic E-state index is 11.7.